The number of pyridine rings is 1. The van der Waals surface area contributed by atoms with Crippen LogP contribution in [0.4, 0.5) is 4.39 Å². The summed E-state index contributed by atoms with van der Waals surface area (Å²) in [6, 6.07) is 19.9. The highest BCUT2D eigenvalue weighted by atomic mass is 32.1. The van der Waals surface area contributed by atoms with Gasteiger partial charge in [-0.1, -0.05) is 35.9 Å². The van der Waals surface area contributed by atoms with E-state index in [1.807, 2.05) is 18.3 Å². The first-order chi connectivity index (χ1) is 14.0. The molecule has 1 nitrogen and oxygen atoms in total. The quantitative estimate of drug-likeness (QED) is 0.295. The fraction of sp³-hybridized carbons (Fsp3) is 0.115. The van der Waals surface area contributed by atoms with Crippen LogP contribution in [0.15, 0.2) is 66.9 Å². The molecule has 0 radical (unpaired) electrons. The van der Waals surface area contributed by atoms with Gasteiger partial charge in [-0.2, -0.15) is 0 Å². The van der Waals surface area contributed by atoms with E-state index in [4.69, 9.17) is 0 Å². The maximum atomic E-state index is 13.8. The summed E-state index contributed by atoms with van der Waals surface area (Å²) in [5.41, 5.74) is 8.30. The van der Waals surface area contributed by atoms with Gasteiger partial charge in [-0.25, -0.2) is 4.39 Å². The zero-order chi connectivity index (χ0) is 20.1. The maximum Gasteiger partial charge on any atom is 0.123 e. The Kier molecular flexibility index (Phi) is 4.21. The molecule has 3 aromatic carbocycles. The first kappa shape index (κ1) is 18.0. The van der Waals surface area contributed by atoms with Crippen LogP contribution in [0.25, 0.3) is 42.6 Å². The van der Waals surface area contributed by atoms with Gasteiger partial charge in [0.1, 0.15) is 5.82 Å². The summed E-state index contributed by atoms with van der Waals surface area (Å²) in [6.45, 7) is 6.46. The topological polar surface area (TPSA) is 12.9 Å². The van der Waals surface area contributed by atoms with Crippen LogP contribution in [0.5, 0.6) is 0 Å². The fourth-order valence-corrected chi connectivity index (χ4v) is 5.55. The van der Waals surface area contributed by atoms with Gasteiger partial charge in [-0.3, -0.25) is 4.98 Å². The SMILES string of the molecule is Cc1cc(C)c(-c2ccnc(-c3cccc4c3sc3ccc(F)cc34)c2)c(C)c1. The molecule has 29 heavy (non-hydrogen) atoms. The van der Waals surface area contributed by atoms with Crippen LogP contribution in [0.1, 0.15) is 16.7 Å². The summed E-state index contributed by atoms with van der Waals surface area (Å²) in [7, 11) is 0. The second-order valence-corrected chi connectivity index (χ2v) is 8.68. The molecule has 0 aliphatic carbocycles. The zero-order valence-electron chi connectivity index (χ0n) is 16.6. The van der Waals surface area contributed by atoms with Crippen molar-refractivity contribution in [3.05, 3.63) is 89.4 Å². The molecule has 0 saturated carbocycles. The van der Waals surface area contributed by atoms with E-state index in [0.29, 0.717) is 0 Å². The van der Waals surface area contributed by atoms with E-state index in [-0.39, 0.29) is 5.82 Å². The van der Waals surface area contributed by atoms with E-state index < -0.39 is 0 Å². The Labute approximate surface area is 173 Å². The number of nitrogens with zero attached hydrogens (tertiary/aromatic N) is 1. The molecule has 0 unspecified atom stereocenters. The first-order valence-corrected chi connectivity index (χ1v) is 10.5. The number of hydrogen-bond acceptors (Lipinski definition) is 2. The molecular weight excluding hydrogens is 377 g/mol. The minimum Gasteiger partial charge on any atom is -0.256 e. The Hall–Kier alpha value is -3.04. The largest absolute Gasteiger partial charge is 0.256 e. The molecule has 0 fully saturated rings. The number of thiophene rings is 1. The van der Waals surface area contributed by atoms with Crippen molar-refractivity contribution in [2.45, 2.75) is 20.8 Å². The highest BCUT2D eigenvalue weighted by Crippen LogP contribution is 2.40. The number of aryl methyl sites for hydroxylation is 3. The third kappa shape index (κ3) is 3.02. The summed E-state index contributed by atoms with van der Waals surface area (Å²) in [6.07, 6.45) is 1.88. The summed E-state index contributed by atoms with van der Waals surface area (Å²) in [4.78, 5) is 4.68. The normalized spacial score (nSPS) is 11.4. The van der Waals surface area contributed by atoms with E-state index in [2.05, 4.69) is 62.2 Å². The summed E-state index contributed by atoms with van der Waals surface area (Å²) in [5.74, 6) is -0.201. The van der Waals surface area contributed by atoms with Crippen LogP contribution in [0.3, 0.4) is 0 Å². The van der Waals surface area contributed by atoms with Crippen LogP contribution in [-0.2, 0) is 0 Å². The van der Waals surface area contributed by atoms with Crippen molar-refractivity contribution in [2.24, 2.45) is 0 Å². The minimum atomic E-state index is -0.201. The predicted octanol–water partition coefficient (Wildman–Crippen LogP) is 7.85. The number of halogens is 1. The standard InChI is InChI=1S/C26H20FNS/c1-15-11-16(2)25(17(3)12-15)18-9-10-28-23(13-18)21-6-4-5-20-22-14-19(27)7-8-24(22)29-26(20)21/h4-14H,1-3H3. The van der Waals surface area contributed by atoms with Crippen molar-refractivity contribution in [3.8, 4) is 22.4 Å². The lowest BCUT2D eigenvalue weighted by Gasteiger charge is -2.13. The lowest BCUT2D eigenvalue weighted by atomic mass is 9.93. The average Bonchev–Trinajstić information content (AvgIpc) is 3.05. The van der Waals surface area contributed by atoms with Crippen molar-refractivity contribution >= 4 is 31.5 Å². The Bertz CT molecular complexity index is 1370. The Balaban J connectivity index is 1.73. The van der Waals surface area contributed by atoms with Gasteiger partial charge in [0.05, 0.1) is 5.69 Å². The van der Waals surface area contributed by atoms with Crippen LogP contribution < -0.4 is 0 Å². The van der Waals surface area contributed by atoms with Gasteiger partial charge in [0.25, 0.3) is 0 Å². The first-order valence-electron chi connectivity index (χ1n) is 9.67. The van der Waals surface area contributed by atoms with Crippen molar-refractivity contribution in [2.75, 3.05) is 0 Å². The summed E-state index contributed by atoms with van der Waals surface area (Å²) >= 11 is 1.70. The molecule has 0 spiro atoms. The van der Waals surface area contributed by atoms with Crippen LogP contribution in [0, 0.1) is 26.6 Å². The fourth-order valence-electron chi connectivity index (χ4n) is 4.34. The zero-order valence-corrected chi connectivity index (χ0v) is 17.4. The Morgan fingerprint density at radius 2 is 1.62 bits per heavy atom. The van der Waals surface area contributed by atoms with Gasteiger partial charge < -0.3 is 0 Å². The van der Waals surface area contributed by atoms with E-state index in [0.717, 1.165) is 31.4 Å². The molecule has 0 saturated heterocycles. The van der Waals surface area contributed by atoms with Crippen molar-refractivity contribution in [1.29, 1.82) is 0 Å². The molecular formula is C26H20FNS. The molecule has 0 atom stereocenters. The molecule has 5 aromatic rings. The van der Waals surface area contributed by atoms with Gasteiger partial charge in [-0.05, 0) is 73.4 Å². The van der Waals surface area contributed by atoms with E-state index >= 15 is 0 Å². The summed E-state index contributed by atoms with van der Waals surface area (Å²) < 4.78 is 16.0. The molecule has 0 bridgehead atoms. The minimum absolute atomic E-state index is 0.201. The monoisotopic (exact) mass is 397 g/mol. The Morgan fingerprint density at radius 3 is 2.41 bits per heavy atom. The number of rotatable bonds is 2. The number of aromatic nitrogens is 1. The molecule has 0 aliphatic rings. The highest BCUT2D eigenvalue weighted by Gasteiger charge is 2.13. The third-order valence-electron chi connectivity index (χ3n) is 5.46. The summed E-state index contributed by atoms with van der Waals surface area (Å²) in [5, 5.41) is 2.05. The van der Waals surface area contributed by atoms with Crippen LogP contribution in [0.2, 0.25) is 0 Å². The number of fused-ring (bicyclic) bond motifs is 3. The van der Waals surface area contributed by atoms with Crippen molar-refractivity contribution in [1.82, 2.24) is 4.98 Å². The number of hydrogen-bond donors (Lipinski definition) is 0. The lowest BCUT2D eigenvalue weighted by molar-refractivity contribution is 0.630. The highest BCUT2D eigenvalue weighted by molar-refractivity contribution is 7.26. The van der Waals surface area contributed by atoms with Gasteiger partial charge in [-0.15, -0.1) is 11.3 Å². The molecule has 2 heterocycles. The van der Waals surface area contributed by atoms with Gasteiger partial charge in [0.15, 0.2) is 0 Å². The lowest BCUT2D eigenvalue weighted by Crippen LogP contribution is -1.92. The van der Waals surface area contributed by atoms with Gasteiger partial charge >= 0.3 is 0 Å². The smallest absolute Gasteiger partial charge is 0.123 e. The molecule has 2 aromatic heterocycles. The molecule has 0 aliphatic heterocycles. The number of benzene rings is 3. The maximum absolute atomic E-state index is 13.8. The van der Waals surface area contributed by atoms with Gasteiger partial charge in [0, 0.05) is 31.9 Å². The van der Waals surface area contributed by atoms with Crippen molar-refractivity contribution in [3.63, 3.8) is 0 Å². The van der Waals surface area contributed by atoms with Crippen LogP contribution in [-0.4, -0.2) is 4.98 Å². The molecule has 142 valence electrons. The third-order valence-corrected chi connectivity index (χ3v) is 6.68. The van der Waals surface area contributed by atoms with Gasteiger partial charge in [0.2, 0.25) is 0 Å². The molecule has 0 amide bonds. The van der Waals surface area contributed by atoms with Crippen LogP contribution >= 0.6 is 11.3 Å². The molecule has 0 N–H and O–H groups in total. The second-order valence-electron chi connectivity index (χ2n) is 7.63. The average molecular weight is 398 g/mol. The van der Waals surface area contributed by atoms with E-state index in [1.165, 1.54) is 33.9 Å². The predicted molar refractivity (Wildman–Crippen MR) is 122 cm³/mol. The van der Waals surface area contributed by atoms with E-state index in [9.17, 15) is 4.39 Å². The molecule has 5 rings (SSSR count). The van der Waals surface area contributed by atoms with E-state index in [1.54, 1.807) is 17.4 Å². The Morgan fingerprint density at radius 1 is 0.828 bits per heavy atom. The second kappa shape index (κ2) is 6.78. The van der Waals surface area contributed by atoms with Crippen molar-refractivity contribution < 1.29 is 4.39 Å². The molecule has 3 heteroatoms.